The molecule has 0 saturated heterocycles. The summed E-state index contributed by atoms with van der Waals surface area (Å²) in [5.74, 6) is -0.819. The Labute approximate surface area is 149 Å². The van der Waals surface area contributed by atoms with Crippen LogP contribution >= 0.6 is 11.3 Å². The van der Waals surface area contributed by atoms with Crippen molar-refractivity contribution in [2.45, 2.75) is 26.2 Å². The van der Waals surface area contributed by atoms with Gasteiger partial charge in [-0.05, 0) is 25.5 Å². The first-order valence-corrected chi connectivity index (χ1v) is 8.73. The van der Waals surface area contributed by atoms with E-state index in [-0.39, 0.29) is 37.1 Å². The highest BCUT2D eigenvalue weighted by Gasteiger charge is 2.10. The maximum atomic E-state index is 13.4. The number of nitrogens with zero attached hydrogens (tertiary/aromatic N) is 1. The Hall–Kier alpha value is -2.48. The molecular weight excluding hydrogens is 347 g/mol. The molecule has 0 saturated carbocycles. The molecule has 0 radical (unpaired) electrons. The molecule has 0 fully saturated rings. The van der Waals surface area contributed by atoms with Crippen molar-refractivity contribution >= 4 is 28.3 Å². The number of carbonyl (C=O) groups is 2. The van der Waals surface area contributed by atoms with Crippen LogP contribution in [0.5, 0.6) is 5.75 Å². The van der Waals surface area contributed by atoms with Gasteiger partial charge >= 0.3 is 5.97 Å². The third-order valence-corrected chi connectivity index (χ3v) is 3.88. The van der Waals surface area contributed by atoms with Crippen LogP contribution in [0.3, 0.4) is 0 Å². The summed E-state index contributed by atoms with van der Waals surface area (Å²) in [7, 11) is 0. The Morgan fingerprint density at radius 2 is 2.12 bits per heavy atom. The van der Waals surface area contributed by atoms with Gasteiger partial charge in [0.15, 0.2) is 16.7 Å². The highest BCUT2D eigenvalue weighted by Crippen LogP contribution is 2.17. The van der Waals surface area contributed by atoms with E-state index in [1.165, 1.54) is 23.5 Å². The first kappa shape index (κ1) is 18.9. The monoisotopic (exact) mass is 366 g/mol. The number of thiazole rings is 1. The number of hydrogen-bond acceptors (Lipinski definition) is 6. The number of hydrogen-bond donors (Lipinski definition) is 1. The van der Waals surface area contributed by atoms with Crippen LogP contribution in [0.4, 0.5) is 9.52 Å². The summed E-state index contributed by atoms with van der Waals surface area (Å²) >= 11 is 1.24. The van der Waals surface area contributed by atoms with E-state index in [0.717, 1.165) is 0 Å². The molecule has 1 heterocycles. The van der Waals surface area contributed by atoms with Crippen LogP contribution in [-0.2, 0) is 20.7 Å². The molecule has 134 valence electrons. The zero-order valence-corrected chi connectivity index (χ0v) is 14.6. The number of aromatic nitrogens is 1. The maximum Gasteiger partial charge on any atom is 0.311 e. The third-order valence-electron chi connectivity index (χ3n) is 3.07. The van der Waals surface area contributed by atoms with E-state index in [1.807, 2.05) is 0 Å². The van der Waals surface area contributed by atoms with Crippen LogP contribution in [0.2, 0.25) is 0 Å². The minimum Gasteiger partial charge on any atom is -0.491 e. The second-order valence-electron chi connectivity index (χ2n) is 5.06. The summed E-state index contributed by atoms with van der Waals surface area (Å²) in [6.07, 6.45) is 0.749. The van der Waals surface area contributed by atoms with Gasteiger partial charge in [-0.3, -0.25) is 9.59 Å². The molecule has 0 unspecified atom stereocenters. The van der Waals surface area contributed by atoms with Crippen LogP contribution in [0.1, 0.15) is 25.5 Å². The van der Waals surface area contributed by atoms with E-state index in [9.17, 15) is 14.0 Å². The molecule has 0 atom stereocenters. The van der Waals surface area contributed by atoms with Crippen LogP contribution in [-0.4, -0.2) is 30.1 Å². The number of rotatable bonds is 9. The molecule has 0 aliphatic heterocycles. The molecule has 0 spiro atoms. The first-order valence-electron chi connectivity index (χ1n) is 7.85. The van der Waals surface area contributed by atoms with E-state index >= 15 is 0 Å². The van der Waals surface area contributed by atoms with Crippen LogP contribution in [0.25, 0.3) is 0 Å². The van der Waals surface area contributed by atoms with Crippen molar-refractivity contribution in [2.24, 2.45) is 0 Å². The highest BCUT2D eigenvalue weighted by atomic mass is 32.1. The van der Waals surface area contributed by atoms with Crippen molar-refractivity contribution in [2.75, 3.05) is 18.5 Å². The lowest BCUT2D eigenvalue weighted by Crippen LogP contribution is -2.13. The molecule has 0 aliphatic rings. The van der Waals surface area contributed by atoms with E-state index < -0.39 is 5.82 Å². The smallest absolute Gasteiger partial charge is 0.311 e. The SMILES string of the molecule is CCOC(=O)Cc1csc(NC(=O)CCCOc2ccccc2F)n1. The molecule has 0 aliphatic carbocycles. The van der Waals surface area contributed by atoms with Crippen molar-refractivity contribution in [3.8, 4) is 5.75 Å². The van der Waals surface area contributed by atoms with Crippen LogP contribution < -0.4 is 10.1 Å². The molecule has 8 heteroatoms. The maximum absolute atomic E-state index is 13.4. The average molecular weight is 366 g/mol. The van der Waals surface area contributed by atoms with Gasteiger partial charge in [-0.15, -0.1) is 11.3 Å². The van der Waals surface area contributed by atoms with Gasteiger partial charge < -0.3 is 14.8 Å². The van der Waals surface area contributed by atoms with Gasteiger partial charge in [0.2, 0.25) is 5.91 Å². The fraction of sp³-hybridized carbons (Fsp3) is 0.353. The van der Waals surface area contributed by atoms with Gasteiger partial charge in [0, 0.05) is 11.8 Å². The highest BCUT2D eigenvalue weighted by molar-refractivity contribution is 7.13. The summed E-state index contributed by atoms with van der Waals surface area (Å²) in [5, 5.41) is 4.80. The summed E-state index contributed by atoms with van der Waals surface area (Å²) in [6, 6.07) is 6.12. The summed E-state index contributed by atoms with van der Waals surface area (Å²) in [5.41, 5.74) is 0.557. The molecule has 2 aromatic rings. The molecule has 25 heavy (non-hydrogen) atoms. The van der Waals surface area contributed by atoms with Crippen LogP contribution in [0, 0.1) is 5.82 Å². The number of carbonyl (C=O) groups excluding carboxylic acids is 2. The predicted molar refractivity (Wildman–Crippen MR) is 92.2 cm³/mol. The Morgan fingerprint density at radius 1 is 1.32 bits per heavy atom. The van der Waals surface area contributed by atoms with Gasteiger partial charge in [-0.25, -0.2) is 9.37 Å². The third kappa shape index (κ3) is 6.50. The summed E-state index contributed by atoms with van der Waals surface area (Å²) in [4.78, 5) is 27.4. The number of anilines is 1. The van der Waals surface area contributed by atoms with Gasteiger partial charge in [-0.2, -0.15) is 0 Å². The molecule has 6 nitrogen and oxygen atoms in total. The lowest BCUT2D eigenvalue weighted by Gasteiger charge is -2.06. The molecule has 1 N–H and O–H groups in total. The Kier molecular flexibility index (Phi) is 7.34. The molecule has 0 bridgehead atoms. The predicted octanol–water partition coefficient (Wildman–Crippen LogP) is 3.19. The summed E-state index contributed by atoms with van der Waals surface area (Å²) in [6.45, 7) is 2.29. The van der Waals surface area contributed by atoms with Gasteiger partial charge in [0.1, 0.15) is 0 Å². The first-order chi connectivity index (χ1) is 12.1. The lowest BCUT2D eigenvalue weighted by atomic mass is 10.3. The van der Waals surface area contributed by atoms with Gasteiger partial charge in [0.25, 0.3) is 0 Å². The molecule has 1 amide bonds. The number of nitrogens with one attached hydrogen (secondary N) is 1. The topological polar surface area (TPSA) is 77.5 Å². The van der Waals surface area contributed by atoms with E-state index in [4.69, 9.17) is 9.47 Å². The fourth-order valence-electron chi connectivity index (χ4n) is 1.96. The van der Waals surface area contributed by atoms with Gasteiger partial charge in [0.05, 0.1) is 25.3 Å². The second kappa shape index (κ2) is 9.73. The average Bonchev–Trinajstić information content (AvgIpc) is 3.00. The number of halogens is 1. The number of para-hydroxylation sites is 1. The van der Waals surface area contributed by atoms with Gasteiger partial charge in [-0.1, -0.05) is 12.1 Å². The molecule has 1 aromatic heterocycles. The summed E-state index contributed by atoms with van der Waals surface area (Å²) < 4.78 is 23.5. The van der Waals surface area contributed by atoms with Crippen molar-refractivity contribution < 1.29 is 23.5 Å². The minimum atomic E-state index is -0.427. The Morgan fingerprint density at radius 3 is 2.88 bits per heavy atom. The Balaban J connectivity index is 1.69. The van der Waals surface area contributed by atoms with E-state index in [0.29, 0.717) is 23.9 Å². The number of benzene rings is 1. The Bertz CT molecular complexity index is 720. The largest absolute Gasteiger partial charge is 0.491 e. The van der Waals surface area contributed by atoms with Crippen molar-refractivity contribution in [1.29, 1.82) is 0 Å². The molecule has 1 aromatic carbocycles. The van der Waals surface area contributed by atoms with Crippen molar-refractivity contribution in [3.63, 3.8) is 0 Å². The lowest BCUT2D eigenvalue weighted by molar-refractivity contribution is -0.142. The fourth-order valence-corrected chi connectivity index (χ4v) is 2.69. The quantitative estimate of drug-likeness (QED) is 0.545. The van der Waals surface area contributed by atoms with E-state index in [1.54, 1.807) is 24.4 Å². The van der Waals surface area contributed by atoms with Crippen LogP contribution in [0.15, 0.2) is 29.6 Å². The molecular formula is C17H19FN2O4S. The van der Waals surface area contributed by atoms with Crippen molar-refractivity contribution in [1.82, 2.24) is 4.98 Å². The molecule has 2 rings (SSSR count). The standard InChI is InChI=1S/C17H19FN2O4S/c1-2-23-16(22)10-12-11-25-17(19-12)20-15(21)8-5-9-24-14-7-4-3-6-13(14)18/h3-4,6-7,11H,2,5,8-10H2,1H3,(H,19,20,21). The normalized spacial score (nSPS) is 10.3. The zero-order chi connectivity index (χ0) is 18.1. The van der Waals surface area contributed by atoms with E-state index in [2.05, 4.69) is 10.3 Å². The minimum absolute atomic E-state index is 0.0800. The number of amides is 1. The second-order valence-corrected chi connectivity index (χ2v) is 5.91. The van der Waals surface area contributed by atoms with Crippen molar-refractivity contribution in [3.05, 3.63) is 41.2 Å². The number of ether oxygens (including phenoxy) is 2. The number of esters is 1. The zero-order valence-electron chi connectivity index (χ0n) is 13.8.